The fraction of sp³-hybridized carbons (Fsp3) is 0.606. The lowest BCUT2D eigenvalue weighted by molar-refractivity contribution is -0.130. The molecular weight excluding hydrogens is 740 g/mol. The highest BCUT2D eigenvalue weighted by molar-refractivity contribution is 9.11. The molecule has 2 unspecified atom stereocenters. The van der Waals surface area contributed by atoms with Gasteiger partial charge in [-0.2, -0.15) is 0 Å². The van der Waals surface area contributed by atoms with Crippen molar-refractivity contribution in [2.75, 3.05) is 63.8 Å². The number of carbonyl (C=O) groups is 1. The van der Waals surface area contributed by atoms with E-state index in [1.165, 1.54) is 0 Å². The molecule has 2 aliphatic carbocycles. The van der Waals surface area contributed by atoms with E-state index in [2.05, 4.69) is 107 Å². The third kappa shape index (κ3) is 5.63. The van der Waals surface area contributed by atoms with Crippen molar-refractivity contribution in [2.45, 2.75) is 75.8 Å². The molecule has 4 fully saturated rings. The van der Waals surface area contributed by atoms with Crippen LogP contribution < -0.4 is 11.5 Å². The molecule has 4 aromatic rings. The Labute approximate surface area is 297 Å². The van der Waals surface area contributed by atoms with Crippen molar-refractivity contribution in [3.05, 3.63) is 34.0 Å². The SMILES string of the molecule is CC(C(=O)C(C)N1CCN([C@H]2C[C@@H](n3cc(Br)c4c(N)ncnc43)C2)CC1)N1CCN([C@H]2C[C@@H](n3cc(Br)c4c(N)ncnc43)C2)CC1. The van der Waals surface area contributed by atoms with E-state index in [0.29, 0.717) is 41.6 Å². The predicted molar refractivity (Wildman–Crippen MR) is 194 cm³/mol. The van der Waals surface area contributed by atoms with E-state index in [-0.39, 0.29) is 12.1 Å². The molecule has 13 nitrogen and oxygen atoms in total. The average Bonchev–Trinajstić information content (AvgIpc) is 3.56. The fourth-order valence-corrected chi connectivity index (χ4v) is 9.74. The molecule has 0 aromatic carbocycles. The van der Waals surface area contributed by atoms with E-state index in [0.717, 1.165) is 109 Å². The van der Waals surface area contributed by atoms with Gasteiger partial charge in [-0.25, -0.2) is 19.9 Å². The second kappa shape index (κ2) is 12.9. The number of nitrogen functional groups attached to an aromatic ring is 2. The Kier molecular flexibility index (Phi) is 8.73. The van der Waals surface area contributed by atoms with Crippen LogP contribution >= 0.6 is 31.9 Å². The van der Waals surface area contributed by atoms with Crippen molar-refractivity contribution in [2.24, 2.45) is 0 Å². The van der Waals surface area contributed by atoms with Crippen LogP contribution in [-0.4, -0.2) is 131 Å². The second-order valence-corrected chi connectivity index (χ2v) is 15.8. The number of ketones is 1. The van der Waals surface area contributed by atoms with Crippen LogP contribution in [0.25, 0.3) is 22.1 Å². The first-order chi connectivity index (χ1) is 23.2. The third-order valence-electron chi connectivity index (χ3n) is 11.8. The summed E-state index contributed by atoms with van der Waals surface area (Å²) in [6.45, 7) is 12.0. The Morgan fingerprint density at radius 2 is 1.02 bits per heavy atom. The maximum absolute atomic E-state index is 13.7. The van der Waals surface area contributed by atoms with Crippen molar-refractivity contribution in [1.82, 2.24) is 48.7 Å². The minimum Gasteiger partial charge on any atom is -0.383 e. The zero-order chi connectivity index (χ0) is 33.3. The van der Waals surface area contributed by atoms with Crippen LogP contribution in [0.1, 0.15) is 51.6 Å². The van der Waals surface area contributed by atoms with Gasteiger partial charge in [-0.05, 0) is 71.4 Å². The highest BCUT2D eigenvalue weighted by atomic mass is 79.9. The Morgan fingerprint density at radius 3 is 1.40 bits per heavy atom. The van der Waals surface area contributed by atoms with E-state index in [9.17, 15) is 4.79 Å². The van der Waals surface area contributed by atoms with Gasteiger partial charge >= 0.3 is 0 Å². The Hall–Kier alpha value is -2.69. The van der Waals surface area contributed by atoms with Gasteiger partial charge in [0.25, 0.3) is 0 Å². The maximum Gasteiger partial charge on any atom is 0.166 e. The zero-order valence-electron chi connectivity index (χ0n) is 27.5. The van der Waals surface area contributed by atoms with E-state index >= 15 is 0 Å². The van der Waals surface area contributed by atoms with Crippen LogP contribution in [0.2, 0.25) is 0 Å². The molecule has 2 aliphatic heterocycles. The first-order valence-corrected chi connectivity index (χ1v) is 18.8. The van der Waals surface area contributed by atoms with Crippen LogP contribution in [0.4, 0.5) is 11.6 Å². The van der Waals surface area contributed by atoms with Crippen LogP contribution in [0.3, 0.4) is 0 Å². The summed E-state index contributed by atoms with van der Waals surface area (Å²) in [7, 11) is 0. The number of aromatic nitrogens is 6. The minimum atomic E-state index is -0.0657. The van der Waals surface area contributed by atoms with Gasteiger partial charge in [-0.1, -0.05) is 0 Å². The number of rotatable bonds is 8. The Bertz CT molecular complexity index is 1690. The number of hydrogen-bond donors (Lipinski definition) is 2. The van der Waals surface area contributed by atoms with Crippen LogP contribution in [-0.2, 0) is 4.79 Å². The van der Waals surface area contributed by atoms with Gasteiger partial charge < -0.3 is 20.6 Å². The molecule has 48 heavy (non-hydrogen) atoms. The van der Waals surface area contributed by atoms with Gasteiger partial charge in [0.2, 0.25) is 0 Å². The number of carbonyl (C=O) groups excluding carboxylic acids is 1. The summed E-state index contributed by atoms with van der Waals surface area (Å²) in [5.41, 5.74) is 14.0. The van der Waals surface area contributed by atoms with E-state index in [1.54, 1.807) is 12.7 Å². The maximum atomic E-state index is 13.7. The zero-order valence-corrected chi connectivity index (χ0v) is 30.7. The summed E-state index contributed by atoms with van der Waals surface area (Å²) >= 11 is 7.29. The molecule has 2 atom stereocenters. The van der Waals surface area contributed by atoms with E-state index < -0.39 is 0 Å². The molecular formula is C33H44Br2N12O. The van der Waals surface area contributed by atoms with Crippen molar-refractivity contribution in [3.63, 3.8) is 0 Å². The van der Waals surface area contributed by atoms with Gasteiger partial charge in [-0.3, -0.25) is 24.4 Å². The van der Waals surface area contributed by atoms with E-state index in [1.807, 2.05) is 0 Å². The summed E-state index contributed by atoms with van der Waals surface area (Å²) in [5.74, 6) is 1.38. The topological polar surface area (TPSA) is 143 Å². The lowest BCUT2D eigenvalue weighted by Crippen LogP contribution is -2.60. The first-order valence-electron chi connectivity index (χ1n) is 17.2. The van der Waals surface area contributed by atoms with Crippen LogP contribution in [0, 0.1) is 0 Å². The van der Waals surface area contributed by atoms with Gasteiger partial charge in [0, 0.05) is 97.9 Å². The molecule has 4 aliphatic rings. The molecule has 6 heterocycles. The van der Waals surface area contributed by atoms with Crippen LogP contribution in [0.5, 0.6) is 0 Å². The second-order valence-electron chi connectivity index (χ2n) is 14.1. The summed E-state index contributed by atoms with van der Waals surface area (Å²) in [4.78, 5) is 41.1. The molecule has 0 radical (unpaired) electrons. The highest BCUT2D eigenvalue weighted by Crippen LogP contribution is 2.42. The number of Topliss-reactive ketones (excluding diaryl/α,β-unsaturated/α-hetero) is 1. The third-order valence-corrected chi connectivity index (χ3v) is 13.0. The molecule has 4 aromatic heterocycles. The molecule has 2 saturated carbocycles. The number of halogens is 2. The van der Waals surface area contributed by atoms with Gasteiger partial charge in [0.15, 0.2) is 5.78 Å². The monoisotopic (exact) mass is 782 g/mol. The minimum absolute atomic E-state index is 0.0657. The molecule has 0 amide bonds. The predicted octanol–water partition coefficient (Wildman–Crippen LogP) is 3.55. The summed E-state index contributed by atoms with van der Waals surface area (Å²) in [5, 5.41) is 1.80. The molecule has 256 valence electrons. The van der Waals surface area contributed by atoms with Gasteiger partial charge in [-0.15, -0.1) is 0 Å². The van der Waals surface area contributed by atoms with Crippen molar-refractivity contribution in [1.29, 1.82) is 0 Å². The molecule has 8 rings (SSSR count). The largest absolute Gasteiger partial charge is 0.383 e. The average molecular weight is 785 g/mol. The van der Waals surface area contributed by atoms with Crippen molar-refractivity contribution < 1.29 is 4.79 Å². The number of piperazine rings is 2. The Balaban J connectivity index is 0.782. The number of fused-ring (bicyclic) bond motifs is 2. The van der Waals surface area contributed by atoms with Crippen LogP contribution in [0.15, 0.2) is 34.0 Å². The molecule has 15 heteroatoms. The Morgan fingerprint density at radius 1 is 0.646 bits per heavy atom. The number of anilines is 2. The molecule has 0 bridgehead atoms. The first kappa shape index (κ1) is 32.5. The highest BCUT2D eigenvalue weighted by Gasteiger charge is 2.40. The van der Waals surface area contributed by atoms with Gasteiger partial charge in [0.05, 0.1) is 22.9 Å². The summed E-state index contributed by atoms with van der Waals surface area (Å²) < 4.78 is 6.42. The quantitative estimate of drug-likeness (QED) is 0.271. The molecule has 2 saturated heterocycles. The summed E-state index contributed by atoms with van der Waals surface area (Å²) in [6, 6.07) is 1.84. The van der Waals surface area contributed by atoms with Crippen molar-refractivity contribution >= 4 is 71.3 Å². The fourth-order valence-electron chi connectivity index (χ4n) is 8.54. The number of nitrogens with two attached hydrogens (primary N) is 2. The normalized spacial score (nSPS) is 27.6. The standard InChI is InChI=1S/C33H44Br2N12O/c1-19(42-3-7-44(8-4-42)21-11-23(12-21)46-15-25(34)27-30(36)38-17-40-32(27)46)29(48)20(2)43-5-9-45(10-6-43)22-13-24(14-22)47-16-26(35)28-31(37)39-18-41-33(28)47/h15-24H,3-14H2,1-2H3,(H2,36,38,40)(H2,37,39,41)/t19?,20?,21-,22-,23+,24+. The summed E-state index contributed by atoms with van der Waals surface area (Å²) in [6.07, 6.45) is 11.7. The molecule has 4 N–H and O–H groups in total. The number of nitrogens with zero attached hydrogens (tertiary/aromatic N) is 10. The molecule has 0 spiro atoms. The number of hydrogen-bond acceptors (Lipinski definition) is 11. The lowest BCUT2D eigenvalue weighted by atomic mass is 9.84. The van der Waals surface area contributed by atoms with Gasteiger partial charge in [0.1, 0.15) is 35.6 Å². The van der Waals surface area contributed by atoms with Crippen molar-refractivity contribution in [3.8, 4) is 0 Å². The smallest absolute Gasteiger partial charge is 0.166 e. The lowest BCUT2D eigenvalue weighted by Gasteiger charge is -2.48. The van der Waals surface area contributed by atoms with E-state index in [4.69, 9.17) is 11.5 Å².